The van der Waals surface area contributed by atoms with Gasteiger partial charge in [0.15, 0.2) is 0 Å². The zero-order chi connectivity index (χ0) is 17.9. The Balaban J connectivity index is 1.33. The topological polar surface area (TPSA) is 35.6 Å². The number of rotatable bonds is 4. The lowest BCUT2D eigenvalue weighted by Gasteiger charge is -2.37. The predicted molar refractivity (Wildman–Crippen MR) is 108 cm³/mol. The molecule has 26 heavy (non-hydrogen) atoms. The minimum Gasteiger partial charge on any atom is -0.368 e. The van der Waals surface area contributed by atoms with Gasteiger partial charge in [0.05, 0.1) is 0 Å². The van der Waals surface area contributed by atoms with E-state index in [9.17, 15) is 4.79 Å². The van der Waals surface area contributed by atoms with E-state index in [4.69, 9.17) is 0 Å². The van der Waals surface area contributed by atoms with E-state index in [-0.39, 0.29) is 11.8 Å². The minimum atomic E-state index is 0.177. The summed E-state index contributed by atoms with van der Waals surface area (Å²) in [7, 11) is 0. The maximum absolute atomic E-state index is 12.0. The standard InChI is InChI=1S/C22H27N3O/c1-17-4-2-7-21(16-17)25-14-12-24(13-15-25)20-10-8-19(9-11-20)23-22(26)18-5-3-6-18/h2,4,7-11,16,18H,3,5-6,12-15H2,1H3,(H,23,26). The molecule has 1 saturated carbocycles. The summed E-state index contributed by atoms with van der Waals surface area (Å²) in [5.41, 5.74) is 4.77. The van der Waals surface area contributed by atoms with Crippen molar-refractivity contribution in [3.8, 4) is 0 Å². The molecule has 0 bridgehead atoms. The summed E-state index contributed by atoms with van der Waals surface area (Å²) in [6, 6.07) is 17.0. The van der Waals surface area contributed by atoms with Crippen LogP contribution in [0.25, 0.3) is 0 Å². The van der Waals surface area contributed by atoms with Gasteiger partial charge in [-0.25, -0.2) is 0 Å². The van der Waals surface area contributed by atoms with Gasteiger partial charge in [0.2, 0.25) is 5.91 Å². The molecule has 0 atom stereocenters. The summed E-state index contributed by atoms with van der Waals surface area (Å²) >= 11 is 0. The first-order chi connectivity index (χ1) is 12.7. The van der Waals surface area contributed by atoms with Crippen molar-refractivity contribution in [3.05, 3.63) is 54.1 Å². The van der Waals surface area contributed by atoms with Crippen LogP contribution < -0.4 is 15.1 Å². The number of anilines is 3. The Kier molecular flexibility index (Phi) is 4.83. The van der Waals surface area contributed by atoms with Gasteiger partial charge in [0.1, 0.15) is 0 Å². The molecule has 1 N–H and O–H groups in total. The van der Waals surface area contributed by atoms with Crippen molar-refractivity contribution >= 4 is 23.0 Å². The Morgan fingerprint density at radius 3 is 2.15 bits per heavy atom. The molecule has 0 aromatic heterocycles. The van der Waals surface area contributed by atoms with Gasteiger partial charge in [0.25, 0.3) is 0 Å². The van der Waals surface area contributed by atoms with Crippen LogP contribution >= 0.6 is 0 Å². The highest BCUT2D eigenvalue weighted by molar-refractivity contribution is 5.93. The van der Waals surface area contributed by atoms with Crippen molar-refractivity contribution in [1.29, 1.82) is 0 Å². The van der Waals surface area contributed by atoms with E-state index in [0.717, 1.165) is 44.7 Å². The van der Waals surface area contributed by atoms with Crippen LogP contribution in [-0.4, -0.2) is 32.1 Å². The van der Waals surface area contributed by atoms with E-state index in [1.807, 2.05) is 12.1 Å². The van der Waals surface area contributed by atoms with Gasteiger partial charge >= 0.3 is 0 Å². The molecule has 2 aromatic carbocycles. The van der Waals surface area contributed by atoms with Crippen LogP contribution in [0.1, 0.15) is 24.8 Å². The highest BCUT2D eigenvalue weighted by atomic mass is 16.1. The van der Waals surface area contributed by atoms with Gasteiger partial charge in [-0.1, -0.05) is 18.6 Å². The van der Waals surface area contributed by atoms with E-state index in [2.05, 4.69) is 58.4 Å². The smallest absolute Gasteiger partial charge is 0.227 e. The summed E-state index contributed by atoms with van der Waals surface area (Å²) < 4.78 is 0. The molecule has 1 saturated heterocycles. The zero-order valence-corrected chi connectivity index (χ0v) is 15.4. The van der Waals surface area contributed by atoms with Crippen LogP contribution in [0.4, 0.5) is 17.1 Å². The number of hydrogen-bond acceptors (Lipinski definition) is 3. The lowest BCUT2D eigenvalue weighted by atomic mass is 9.85. The van der Waals surface area contributed by atoms with Crippen molar-refractivity contribution in [2.45, 2.75) is 26.2 Å². The van der Waals surface area contributed by atoms with Crippen LogP contribution in [0, 0.1) is 12.8 Å². The molecule has 0 unspecified atom stereocenters. The molecule has 2 fully saturated rings. The van der Waals surface area contributed by atoms with E-state index in [1.165, 1.54) is 23.4 Å². The van der Waals surface area contributed by atoms with E-state index >= 15 is 0 Å². The van der Waals surface area contributed by atoms with Gasteiger partial charge in [-0.15, -0.1) is 0 Å². The van der Waals surface area contributed by atoms with Crippen LogP contribution in [-0.2, 0) is 4.79 Å². The zero-order valence-electron chi connectivity index (χ0n) is 15.4. The number of nitrogens with zero attached hydrogens (tertiary/aromatic N) is 2. The molecule has 1 heterocycles. The van der Waals surface area contributed by atoms with Crippen LogP contribution in [0.15, 0.2) is 48.5 Å². The van der Waals surface area contributed by atoms with Gasteiger partial charge in [-0.2, -0.15) is 0 Å². The van der Waals surface area contributed by atoms with E-state index in [0.29, 0.717) is 0 Å². The molecule has 2 aromatic rings. The number of piperazine rings is 1. The first kappa shape index (κ1) is 17.0. The largest absolute Gasteiger partial charge is 0.368 e. The van der Waals surface area contributed by atoms with Crippen molar-refractivity contribution in [2.24, 2.45) is 5.92 Å². The van der Waals surface area contributed by atoms with Gasteiger partial charge in [-0.05, 0) is 61.7 Å². The lowest BCUT2D eigenvalue weighted by Crippen LogP contribution is -2.46. The first-order valence-corrected chi connectivity index (χ1v) is 9.66. The van der Waals surface area contributed by atoms with Gasteiger partial charge in [0, 0.05) is 49.2 Å². The van der Waals surface area contributed by atoms with E-state index in [1.54, 1.807) is 0 Å². The highest BCUT2D eigenvalue weighted by Gasteiger charge is 2.25. The number of amides is 1. The molecule has 4 heteroatoms. The second-order valence-corrected chi connectivity index (χ2v) is 7.48. The average Bonchev–Trinajstić information content (AvgIpc) is 2.61. The molecular weight excluding hydrogens is 322 g/mol. The number of nitrogens with one attached hydrogen (secondary N) is 1. The monoisotopic (exact) mass is 349 g/mol. The fraction of sp³-hybridized carbons (Fsp3) is 0.409. The third kappa shape index (κ3) is 3.69. The Labute approximate surface area is 155 Å². The molecule has 1 aliphatic carbocycles. The second-order valence-electron chi connectivity index (χ2n) is 7.48. The van der Waals surface area contributed by atoms with Crippen LogP contribution in [0.2, 0.25) is 0 Å². The van der Waals surface area contributed by atoms with Crippen molar-refractivity contribution in [2.75, 3.05) is 41.3 Å². The van der Waals surface area contributed by atoms with Crippen molar-refractivity contribution in [1.82, 2.24) is 0 Å². The fourth-order valence-electron chi connectivity index (χ4n) is 3.72. The molecule has 1 amide bonds. The van der Waals surface area contributed by atoms with Gasteiger partial charge < -0.3 is 15.1 Å². The van der Waals surface area contributed by atoms with Crippen LogP contribution in [0.3, 0.4) is 0 Å². The Bertz CT molecular complexity index is 759. The summed E-state index contributed by atoms with van der Waals surface area (Å²) in [6.07, 6.45) is 3.26. The fourth-order valence-corrected chi connectivity index (χ4v) is 3.72. The van der Waals surface area contributed by atoms with Crippen LogP contribution in [0.5, 0.6) is 0 Å². The summed E-state index contributed by atoms with van der Waals surface area (Å²) in [4.78, 5) is 16.9. The normalized spacial score (nSPS) is 17.7. The second kappa shape index (κ2) is 7.40. The predicted octanol–water partition coefficient (Wildman–Crippen LogP) is 4.06. The maximum Gasteiger partial charge on any atom is 0.227 e. The number of aryl methyl sites for hydroxylation is 1. The molecular formula is C22H27N3O. The molecule has 136 valence electrons. The molecule has 2 aliphatic rings. The number of hydrogen-bond donors (Lipinski definition) is 1. The minimum absolute atomic E-state index is 0.177. The molecule has 0 spiro atoms. The van der Waals surface area contributed by atoms with Gasteiger partial charge in [-0.3, -0.25) is 4.79 Å². The Morgan fingerprint density at radius 1 is 0.923 bits per heavy atom. The third-order valence-corrected chi connectivity index (χ3v) is 5.62. The molecule has 0 radical (unpaired) electrons. The summed E-state index contributed by atoms with van der Waals surface area (Å²) in [6.45, 7) is 6.24. The Morgan fingerprint density at radius 2 is 1.58 bits per heavy atom. The maximum atomic E-state index is 12.0. The quantitative estimate of drug-likeness (QED) is 0.904. The summed E-state index contributed by atoms with van der Waals surface area (Å²) in [5, 5.41) is 3.04. The highest BCUT2D eigenvalue weighted by Crippen LogP contribution is 2.28. The number of carbonyl (C=O) groups excluding carboxylic acids is 1. The molecule has 4 nitrogen and oxygen atoms in total. The molecule has 1 aliphatic heterocycles. The number of benzene rings is 2. The first-order valence-electron chi connectivity index (χ1n) is 9.66. The lowest BCUT2D eigenvalue weighted by molar-refractivity contribution is -0.122. The van der Waals surface area contributed by atoms with Crippen molar-refractivity contribution in [3.63, 3.8) is 0 Å². The van der Waals surface area contributed by atoms with Crippen molar-refractivity contribution < 1.29 is 4.79 Å². The molecule has 4 rings (SSSR count). The third-order valence-electron chi connectivity index (χ3n) is 5.62. The summed E-state index contributed by atoms with van der Waals surface area (Å²) in [5.74, 6) is 0.403. The Hall–Kier alpha value is -2.49. The number of carbonyl (C=O) groups is 1. The van der Waals surface area contributed by atoms with E-state index < -0.39 is 0 Å². The SMILES string of the molecule is Cc1cccc(N2CCN(c3ccc(NC(=O)C4CCC4)cc3)CC2)c1. The average molecular weight is 349 g/mol.